The van der Waals surface area contributed by atoms with Gasteiger partial charge in [-0.05, 0) is 95.6 Å². The molecule has 5 aromatic rings. The number of hydrogen-bond donors (Lipinski definition) is 3. The number of aromatic amines is 1. The average Bonchev–Trinajstić information content (AvgIpc) is 3.17. The summed E-state index contributed by atoms with van der Waals surface area (Å²) < 4.78 is 37.7. The van der Waals surface area contributed by atoms with Crippen LogP contribution >= 0.6 is 0 Å². The number of halogens is 1. The van der Waals surface area contributed by atoms with Crippen molar-refractivity contribution in [3.8, 4) is 11.5 Å². The zero-order valence-electron chi connectivity index (χ0n) is 34.9. The van der Waals surface area contributed by atoms with E-state index in [1.807, 2.05) is 30.3 Å². The molecule has 0 fully saturated rings. The van der Waals surface area contributed by atoms with Gasteiger partial charge in [0.15, 0.2) is 0 Å². The van der Waals surface area contributed by atoms with E-state index in [9.17, 15) is 14.4 Å². The fraction of sp³-hybridized carbons (Fsp3) is 0.333. The lowest BCUT2D eigenvalue weighted by Gasteiger charge is -2.27. The summed E-state index contributed by atoms with van der Waals surface area (Å²) in [7, 11) is 4.79. The number of benzene rings is 4. The van der Waals surface area contributed by atoms with Crippen LogP contribution in [0.3, 0.4) is 0 Å². The quantitative estimate of drug-likeness (QED) is 0.0743. The minimum atomic E-state index is -0.748. The van der Waals surface area contributed by atoms with E-state index in [1.54, 1.807) is 83.8 Å². The monoisotopic (exact) mass is 809 g/mol. The maximum absolute atomic E-state index is 15.7. The molecule has 1 heterocycles. The second-order valence-corrected chi connectivity index (χ2v) is 15.9. The third-order valence-electron chi connectivity index (χ3n) is 8.93. The summed E-state index contributed by atoms with van der Waals surface area (Å²) in [4.78, 5) is 61.0. The molecule has 0 saturated carbocycles. The van der Waals surface area contributed by atoms with Gasteiger partial charge in [-0.3, -0.25) is 9.59 Å². The zero-order valence-corrected chi connectivity index (χ0v) is 34.9. The van der Waals surface area contributed by atoms with Gasteiger partial charge in [0.1, 0.15) is 34.1 Å². The Kier molecular flexibility index (Phi) is 13.5. The number of nitrogens with zero attached hydrogens (tertiary/aromatic N) is 2. The Morgan fingerprint density at radius 2 is 1.47 bits per heavy atom. The smallest absolute Gasteiger partial charge is 0.407 e. The Hall–Kier alpha value is -6.57. The standard InChI is InChI=1S/C45H52FN5O8/c1-44(2,3)58-42(54)29-15-18-32(19-16-29)51(27-30-17-20-33(56-8)25-36(30)57-9)41(53)37-39(47-21-22-48-43(55)59-45(4,5)6)34-23-31(46)24-35(38(34)49-40(37)52)50(7)26-28-13-11-10-12-14-28/h10-20,23-25H,21-22,26-27H2,1-9H3,(H,48,55)(H2,47,49,52). The number of amides is 2. The molecule has 4 aromatic carbocycles. The van der Waals surface area contributed by atoms with Crippen molar-refractivity contribution in [2.45, 2.75) is 65.8 Å². The summed E-state index contributed by atoms with van der Waals surface area (Å²) in [5, 5.41) is 6.06. The number of esters is 1. The minimum Gasteiger partial charge on any atom is -0.497 e. The van der Waals surface area contributed by atoms with Crippen LogP contribution in [0.2, 0.25) is 0 Å². The highest BCUT2D eigenvalue weighted by Crippen LogP contribution is 2.35. The molecule has 5 rings (SSSR count). The van der Waals surface area contributed by atoms with E-state index in [-0.39, 0.29) is 41.8 Å². The van der Waals surface area contributed by atoms with E-state index in [2.05, 4.69) is 15.6 Å². The van der Waals surface area contributed by atoms with Gasteiger partial charge in [0.2, 0.25) is 0 Å². The number of rotatable bonds is 14. The summed E-state index contributed by atoms with van der Waals surface area (Å²) in [5.74, 6) is -0.962. The number of fused-ring (bicyclic) bond motifs is 1. The van der Waals surface area contributed by atoms with E-state index in [4.69, 9.17) is 18.9 Å². The molecule has 0 saturated heterocycles. The highest BCUT2D eigenvalue weighted by molar-refractivity contribution is 6.14. The summed E-state index contributed by atoms with van der Waals surface area (Å²) in [6, 6.07) is 23.5. The topological polar surface area (TPSA) is 152 Å². The molecule has 0 unspecified atom stereocenters. The number of alkyl carbamates (subject to hydrolysis) is 1. The third-order valence-corrected chi connectivity index (χ3v) is 8.93. The van der Waals surface area contributed by atoms with Gasteiger partial charge in [-0.2, -0.15) is 0 Å². The fourth-order valence-corrected chi connectivity index (χ4v) is 6.33. The molecule has 312 valence electrons. The Morgan fingerprint density at radius 1 is 0.797 bits per heavy atom. The molecule has 13 nitrogen and oxygen atoms in total. The molecule has 0 spiro atoms. The van der Waals surface area contributed by atoms with Crippen molar-refractivity contribution >= 4 is 45.9 Å². The second kappa shape index (κ2) is 18.3. The molecule has 0 aliphatic rings. The molecule has 3 N–H and O–H groups in total. The van der Waals surface area contributed by atoms with Gasteiger partial charge in [-0.1, -0.05) is 30.3 Å². The summed E-state index contributed by atoms with van der Waals surface area (Å²) in [5.41, 5.74) is 0.296. The van der Waals surface area contributed by atoms with Gasteiger partial charge >= 0.3 is 12.1 Å². The maximum Gasteiger partial charge on any atom is 0.407 e. The van der Waals surface area contributed by atoms with Crippen LogP contribution < -0.4 is 35.5 Å². The molecular formula is C45H52FN5O8. The normalized spacial score (nSPS) is 11.4. The average molecular weight is 810 g/mol. The highest BCUT2D eigenvalue weighted by Gasteiger charge is 2.29. The highest BCUT2D eigenvalue weighted by atomic mass is 19.1. The number of pyridine rings is 1. The first-order valence-corrected chi connectivity index (χ1v) is 19.1. The molecule has 0 atom stereocenters. The van der Waals surface area contributed by atoms with Crippen LogP contribution in [0.5, 0.6) is 11.5 Å². The molecular weight excluding hydrogens is 758 g/mol. The Labute approximate surface area is 343 Å². The summed E-state index contributed by atoms with van der Waals surface area (Å²) in [6.45, 7) is 10.9. The molecule has 1 aromatic heterocycles. The van der Waals surface area contributed by atoms with Crippen molar-refractivity contribution in [2.24, 2.45) is 0 Å². The summed E-state index contributed by atoms with van der Waals surface area (Å²) in [6.07, 6.45) is -0.656. The van der Waals surface area contributed by atoms with Gasteiger partial charge in [-0.15, -0.1) is 0 Å². The number of carbonyl (C=O) groups excluding carboxylic acids is 3. The Morgan fingerprint density at radius 3 is 2.10 bits per heavy atom. The predicted molar refractivity (Wildman–Crippen MR) is 227 cm³/mol. The fourth-order valence-electron chi connectivity index (χ4n) is 6.33. The molecule has 14 heteroatoms. The molecule has 0 bridgehead atoms. The lowest BCUT2D eigenvalue weighted by atomic mass is 10.0. The van der Waals surface area contributed by atoms with Gasteiger partial charge in [0.05, 0.1) is 43.2 Å². The maximum atomic E-state index is 15.7. The van der Waals surface area contributed by atoms with E-state index in [1.165, 1.54) is 43.4 Å². The number of hydrogen-bond acceptors (Lipinski definition) is 10. The molecule has 0 aliphatic carbocycles. The number of H-pyrrole nitrogens is 1. The van der Waals surface area contributed by atoms with Crippen LogP contribution in [-0.2, 0) is 22.6 Å². The number of nitrogens with one attached hydrogen (secondary N) is 3. The summed E-state index contributed by atoms with van der Waals surface area (Å²) >= 11 is 0. The van der Waals surface area contributed by atoms with Crippen molar-refractivity contribution < 1.29 is 37.7 Å². The van der Waals surface area contributed by atoms with Crippen molar-refractivity contribution in [1.29, 1.82) is 0 Å². The van der Waals surface area contributed by atoms with E-state index in [0.717, 1.165) is 5.56 Å². The third kappa shape index (κ3) is 11.3. The number of aromatic nitrogens is 1. The Bertz CT molecular complexity index is 2350. The SMILES string of the molecule is COc1ccc(CN(C(=O)c2c(NCCNC(=O)OC(C)(C)C)c3cc(F)cc(N(C)Cc4ccccc4)c3[nH]c2=O)c2ccc(C(=O)OC(C)(C)C)cc2)c(OC)c1. The first-order valence-electron chi connectivity index (χ1n) is 19.1. The molecule has 59 heavy (non-hydrogen) atoms. The van der Waals surface area contributed by atoms with Crippen LogP contribution in [0.15, 0.2) is 89.7 Å². The molecule has 2 amide bonds. The lowest BCUT2D eigenvalue weighted by Crippen LogP contribution is -2.37. The van der Waals surface area contributed by atoms with Crippen molar-refractivity contribution in [2.75, 3.05) is 49.5 Å². The van der Waals surface area contributed by atoms with Gasteiger partial charge in [-0.25, -0.2) is 14.0 Å². The Balaban J connectivity index is 1.65. The lowest BCUT2D eigenvalue weighted by molar-refractivity contribution is 0.00691. The van der Waals surface area contributed by atoms with Gasteiger partial charge in [0, 0.05) is 49.4 Å². The number of anilines is 3. The van der Waals surface area contributed by atoms with Crippen LogP contribution in [0, 0.1) is 5.82 Å². The molecule has 0 aliphatic heterocycles. The first kappa shape index (κ1) is 43.6. The van der Waals surface area contributed by atoms with E-state index in [0.29, 0.717) is 40.5 Å². The van der Waals surface area contributed by atoms with Crippen LogP contribution in [-0.4, -0.2) is 68.5 Å². The van der Waals surface area contributed by atoms with Crippen LogP contribution in [0.1, 0.15) is 73.4 Å². The van der Waals surface area contributed by atoms with Gasteiger partial charge in [0.25, 0.3) is 11.5 Å². The largest absolute Gasteiger partial charge is 0.497 e. The van der Waals surface area contributed by atoms with Crippen molar-refractivity contribution in [3.05, 3.63) is 123 Å². The van der Waals surface area contributed by atoms with Crippen molar-refractivity contribution in [3.63, 3.8) is 0 Å². The van der Waals surface area contributed by atoms with E-state index >= 15 is 9.18 Å². The zero-order chi connectivity index (χ0) is 43.1. The minimum absolute atomic E-state index is 0.0284. The molecule has 0 radical (unpaired) electrons. The first-order chi connectivity index (χ1) is 27.9. The number of methoxy groups -OCH3 is 2. The second-order valence-electron chi connectivity index (χ2n) is 15.9. The van der Waals surface area contributed by atoms with E-state index < -0.39 is 40.5 Å². The van der Waals surface area contributed by atoms with Crippen LogP contribution in [0.4, 0.5) is 26.2 Å². The van der Waals surface area contributed by atoms with Gasteiger partial charge < -0.3 is 44.4 Å². The van der Waals surface area contributed by atoms with Crippen molar-refractivity contribution in [1.82, 2.24) is 10.3 Å². The number of ether oxygens (including phenoxy) is 4. The van der Waals surface area contributed by atoms with Crippen LogP contribution in [0.25, 0.3) is 10.9 Å². The predicted octanol–water partition coefficient (Wildman–Crippen LogP) is 8.06. The number of carbonyl (C=O) groups is 3.